The zero-order valence-electron chi connectivity index (χ0n) is 12.0. The number of nitrogens with one attached hydrogen (secondary N) is 1. The van der Waals surface area contributed by atoms with Crippen molar-refractivity contribution in [1.29, 1.82) is 0 Å². The molecule has 0 unspecified atom stereocenters. The quantitative estimate of drug-likeness (QED) is 0.698. The van der Waals surface area contributed by atoms with Gasteiger partial charge in [0.1, 0.15) is 12.1 Å². The first-order chi connectivity index (χ1) is 10.3. The van der Waals surface area contributed by atoms with Crippen LogP contribution in [0.1, 0.15) is 12.0 Å². The fourth-order valence-electron chi connectivity index (χ4n) is 2.27. The Kier molecular flexibility index (Phi) is 3.79. The maximum atomic E-state index is 5.51. The number of rotatable bonds is 5. The topological polar surface area (TPSA) is 81.7 Å². The molecule has 0 aliphatic heterocycles. The van der Waals surface area contributed by atoms with Crippen molar-refractivity contribution in [2.75, 3.05) is 18.4 Å². The molecule has 0 radical (unpaired) electrons. The monoisotopic (exact) mass is 282 g/mol. The second kappa shape index (κ2) is 5.88. The number of aryl methyl sites for hydroxylation is 1. The van der Waals surface area contributed by atoms with E-state index in [1.807, 2.05) is 22.9 Å². The Labute approximate surface area is 123 Å². The number of anilines is 1. The SMILES string of the molecule is Cc1ccccc1-n1ncc2c(NCCCN)ncnc21. The van der Waals surface area contributed by atoms with Crippen LogP contribution in [0, 0.1) is 6.92 Å². The number of hydrogen-bond acceptors (Lipinski definition) is 5. The minimum Gasteiger partial charge on any atom is -0.369 e. The number of benzene rings is 1. The molecule has 6 heteroatoms. The highest BCUT2D eigenvalue weighted by atomic mass is 15.3. The molecule has 0 aliphatic rings. The summed E-state index contributed by atoms with van der Waals surface area (Å²) in [4.78, 5) is 8.66. The Morgan fingerprint density at radius 1 is 1.24 bits per heavy atom. The smallest absolute Gasteiger partial charge is 0.168 e. The predicted octanol–water partition coefficient (Wildman–Crippen LogP) is 1.88. The maximum Gasteiger partial charge on any atom is 0.168 e. The number of para-hydroxylation sites is 1. The minimum absolute atomic E-state index is 0.656. The molecule has 6 nitrogen and oxygen atoms in total. The van der Waals surface area contributed by atoms with E-state index >= 15 is 0 Å². The van der Waals surface area contributed by atoms with Gasteiger partial charge in [-0.15, -0.1) is 0 Å². The van der Waals surface area contributed by atoms with Crippen LogP contribution in [0.5, 0.6) is 0 Å². The predicted molar refractivity (Wildman–Crippen MR) is 83.6 cm³/mol. The van der Waals surface area contributed by atoms with E-state index in [-0.39, 0.29) is 0 Å². The van der Waals surface area contributed by atoms with Gasteiger partial charge < -0.3 is 11.1 Å². The number of nitrogens with zero attached hydrogens (tertiary/aromatic N) is 4. The Balaban J connectivity index is 2.03. The minimum atomic E-state index is 0.656. The summed E-state index contributed by atoms with van der Waals surface area (Å²) < 4.78 is 1.85. The van der Waals surface area contributed by atoms with Gasteiger partial charge in [-0.3, -0.25) is 0 Å². The van der Waals surface area contributed by atoms with Crippen LogP contribution < -0.4 is 11.1 Å². The molecule has 3 rings (SSSR count). The molecule has 0 atom stereocenters. The van der Waals surface area contributed by atoms with Crippen LogP contribution >= 0.6 is 0 Å². The summed E-state index contributed by atoms with van der Waals surface area (Å²) in [6, 6.07) is 8.10. The lowest BCUT2D eigenvalue weighted by molar-refractivity contribution is 0.869. The maximum absolute atomic E-state index is 5.51. The van der Waals surface area contributed by atoms with Gasteiger partial charge in [-0.2, -0.15) is 5.10 Å². The first-order valence-electron chi connectivity index (χ1n) is 7.00. The van der Waals surface area contributed by atoms with E-state index in [0.717, 1.165) is 41.1 Å². The molecule has 0 saturated heterocycles. The van der Waals surface area contributed by atoms with Gasteiger partial charge >= 0.3 is 0 Å². The lowest BCUT2D eigenvalue weighted by Crippen LogP contribution is -2.09. The van der Waals surface area contributed by atoms with Crippen LogP contribution in [0.4, 0.5) is 5.82 Å². The molecule has 1 aromatic carbocycles. The van der Waals surface area contributed by atoms with Gasteiger partial charge in [-0.25, -0.2) is 14.6 Å². The molecule has 2 aromatic heterocycles. The van der Waals surface area contributed by atoms with Gasteiger partial charge in [0.25, 0.3) is 0 Å². The molecular weight excluding hydrogens is 264 g/mol. The Hall–Kier alpha value is -2.47. The molecule has 0 fully saturated rings. The van der Waals surface area contributed by atoms with Gasteiger partial charge in [0.15, 0.2) is 5.65 Å². The van der Waals surface area contributed by atoms with Crippen molar-refractivity contribution in [2.24, 2.45) is 5.73 Å². The van der Waals surface area contributed by atoms with Gasteiger partial charge in [-0.05, 0) is 31.5 Å². The average Bonchev–Trinajstić information content (AvgIpc) is 2.93. The van der Waals surface area contributed by atoms with Crippen molar-refractivity contribution >= 4 is 16.9 Å². The summed E-state index contributed by atoms with van der Waals surface area (Å²) in [5, 5.41) is 8.66. The Morgan fingerprint density at radius 3 is 2.90 bits per heavy atom. The Morgan fingerprint density at radius 2 is 2.10 bits per heavy atom. The van der Waals surface area contributed by atoms with Crippen LogP contribution in [0.25, 0.3) is 16.7 Å². The van der Waals surface area contributed by atoms with Crippen LogP contribution in [-0.4, -0.2) is 32.8 Å². The first kappa shape index (κ1) is 13.5. The highest BCUT2D eigenvalue weighted by Gasteiger charge is 2.11. The normalized spacial score (nSPS) is 11.0. The van der Waals surface area contributed by atoms with Gasteiger partial charge in [0.2, 0.25) is 0 Å². The van der Waals surface area contributed by atoms with Crippen LogP contribution in [0.3, 0.4) is 0 Å². The summed E-state index contributed by atoms with van der Waals surface area (Å²) >= 11 is 0. The molecule has 0 bridgehead atoms. The molecule has 0 saturated carbocycles. The molecule has 108 valence electrons. The molecule has 0 amide bonds. The molecule has 21 heavy (non-hydrogen) atoms. The zero-order chi connectivity index (χ0) is 14.7. The number of nitrogens with two attached hydrogens (primary N) is 1. The van der Waals surface area contributed by atoms with Gasteiger partial charge in [0.05, 0.1) is 17.3 Å². The largest absolute Gasteiger partial charge is 0.369 e. The first-order valence-corrected chi connectivity index (χ1v) is 7.00. The van der Waals surface area contributed by atoms with E-state index in [9.17, 15) is 0 Å². The van der Waals surface area contributed by atoms with E-state index in [1.165, 1.54) is 0 Å². The van der Waals surface area contributed by atoms with Crippen molar-refractivity contribution in [1.82, 2.24) is 19.7 Å². The van der Waals surface area contributed by atoms with E-state index in [0.29, 0.717) is 6.54 Å². The van der Waals surface area contributed by atoms with E-state index in [2.05, 4.69) is 33.4 Å². The molecule has 0 aliphatic carbocycles. The van der Waals surface area contributed by atoms with Crippen LogP contribution in [0.2, 0.25) is 0 Å². The molecule has 0 spiro atoms. The van der Waals surface area contributed by atoms with Crippen molar-refractivity contribution < 1.29 is 0 Å². The average molecular weight is 282 g/mol. The number of aromatic nitrogens is 4. The number of hydrogen-bond donors (Lipinski definition) is 2. The van der Waals surface area contributed by atoms with Crippen molar-refractivity contribution in [2.45, 2.75) is 13.3 Å². The van der Waals surface area contributed by atoms with E-state index < -0.39 is 0 Å². The van der Waals surface area contributed by atoms with Gasteiger partial charge in [-0.1, -0.05) is 18.2 Å². The zero-order valence-corrected chi connectivity index (χ0v) is 12.0. The van der Waals surface area contributed by atoms with Crippen molar-refractivity contribution in [3.63, 3.8) is 0 Å². The third kappa shape index (κ3) is 2.57. The lowest BCUT2D eigenvalue weighted by atomic mass is 10.2. The standard InChI is InChI=1S/C15H18N6/c1-11-5-2-3-6-13(11)21-15-12(9-20-21)14(18-10-19-15)17-8-4-7-16/h2-3,5-6,9-10H,4,7-8,16H2,1H3,(H,17,18,19). The second-order valence-corrected chi connectivity index (χ2v) is 4.87. The Bertz CT molecular complexity index is 749. The van der Waals surface area contributed by atoms with E-state index in [4.69, 9.17) is 5.73 Å². The highest BCUT2D eigenvalue weighted by Crippen LogP contribution is 2.22. The fourth-order valence-corrected chi connectivity index (χ4v) is 2.27. The highest BCUT2D eigenvalue weighted by molar-refractivity contribution is 5.87. The third-order valence-corrected chi connectivity index (χ3v) is 3.38. The summed E-state index contributed by atoms with van der Waals surface area (Å²) in [6.45, 7) is 3.51. The summed E-state index contributed by atoms with van der Waals surface area (Å²) in [7, 11) is 0. The van der Waals surface area contributed by atoms with Crippen LogP contribution in [0.15, 0.2) is 36.8 Å². The molecule has 2 heterocycles. The second-order valence-electron chi connectivity index (χ2n) is 4.87. The molecule has 3 aromatic rings. The molecule has 3 N–H and O–H groups in total. The summed E-state index contributed by atoms with van der Waals surface area (Å²) in [5.41, 5.74) is 8.49. The van der Waals surface area contributed by atoms with Crippen molar-refractivity contribution in [3.8, 4) is 5.69 Å². The summed E-state index contributed by atoms with van der Waals surface area (Å²) in [5.74, 6) is 0.799. The van der Waals surface area contributed by atoms with Crippen molar-refractivity contribution in [3.05, 3.63) is 42.4 Å². The fraction of sp³-hybridized carbons (Fsp3) is 0.267. The summed E-state index contributed by atoms with van der Waals surface area (Å²) in [6.07, 6.45) is 4.26. The third-order valence-electron chi connectivity index (χ3n) is 3.38. The molecular formula is C15H18N6. The number of fused-ring (bicyclic) bond motifs is 1. The van der Waals surface area contributed by atoms with Gasteiger partial charge in [0, 0.05) is 6.54 Å². The van der Waals surface area contributed by atoms with E-state index in [1.54, 1.807) is 12.5 Å². The lowest BCUT2D eigenvalue weighted by Gasteiger charge is -2.07. The van der Waals surface area contributed by atoms with Crippen LogP contribution in [-0.2, 0) is 0 Å².